The Hall–Kier alpha value is -2.37. The van der Waals surface area contributed by atoms with Gasteiger partial charge in [-0.15, -0.1) is 0 Å². The Kier molecular flexibility index (Phi) is 5.03. The van der Waals surface area contributed by atoms with Crippen LogP contribution in [-0.2, 0) is 16.0 Å². The van der Waals surface area contributed by atoms with Gasteiger partial charge >= 0.3 is 5.97 Å². The highest BCUT2D eigenvalue weighted by Crippen LogP contribution is 2.28. The minimum atomic E-state index is -1.03. The predicted molar refractivity (Wildman–Crippen MR) is 86.6 cm³/mol. The molecule has 0 radical (unpaired) electrons. The van der Waals surface area contributed by atoms with E-state index < -0.39 is 5.97 Å². The highest BCUT2D eigenvalue weighted by atomic mass is 16.4. The molecule has 0 saturated carbocycles. The van der Waals surface area contributed by atoms with Crippen molar-refractivity contribution in [1.29, 1.82) is 0 Å². The first kappa shape index (κ1) is 17.0. The Labute approximate surface area is 135 Å². The van der Waals surface area contributed by atoms with Crippen LogP contribution in [0.3, 0.4) is 0 Å². The Morgan fingerprint density at radius 3 is 2.65 bits per heavy atom. The number of hydrogen-bond acceptors (Lipinski definition) is 3. The predicted octanol–water partition coefficient (Wildman–Crippen LogP) is 1.92. The number of rotatable bonds is 5. The van der Waals surface area contributed by atoms with Gasteiger partial charge in [0.15, 0.2) is 0 Å². The number of carbonyl (C=O) groups is 3. The van der Waals surface area contributed by atoms with E-state index in [2.05, 4.69) is 0 Å². The Morgan fingerprint density at radius 2 is 2.04 bits per heavy atom. The molecule has 0 saturated heterocycles. The molecule has 0 fully saturated rings. The first-order chi connectivity index (χ1) is 10.8. The number of aliphatic carboxylic acids is 1. The number of anilines is 1. The molecule has 1 N–H and O–H groups in total. The van der Waals surface area contributed by atoms with E-state index in [0.29, 0.717) is 24.8 Å². The van der Waals surface area contributed by atoms with Gasteiger partial charge in [0, 0.05) is 30.8 Å². The zero-order valence-electron chi connectivity index (χ0n) is 13.7. The Morgan fingerprint density at radius 1 is 1.35 bits per heavy atom. The molecule has 6 nitrogen and oxygen atoms in total. The lowest BCUT2D eigenvalue weighted by Gasteiger charge is -2.29. The maximum Gasteiger partial charge on any atom is 0.323 e. The Bertz CT molecular complexity index is 641. The topological polar surface area (TPSA) is 77.9 Å². The zero-order valence-corrected chi connectivity index (χ0v) is 13.7. The molecule has 1 aromatic rings. The minimum Gasteiger partial charge on any atom is -0.480 e. The van der Waals surface area contributed by atoms with E-state index in [9.17, 15) is 14.4 Å². The molecule has 2 amide bonds. The standard InChI is InChI=1S/C17H22N2O4/c1-4-11(2)19(10-16(21)22)17(23)13-5-7-14-12(9-13)6-8-15(20)18(14)3/h5,7,9,11H,4,6,8,10H2,1-3H3,(H,21,22). The zero-order chi connectivity index (χ0) is 17.1. The third-order valence-corrected chi connectivity index (χ3v) is 4.36. The van der Waals surface area contributed by atoms with Crippen molar-refractivity contribution in [1.82, 2.24) is 4.90 Å². The summed E-state index contributed by atoms with van der Waals surface area (Å²) in [6.07, 6.45) is 1.70. The van der Waals surface area contributed by atoms with Crippen LogP contribution in [-0.4, -0.2) is 47.4 Å². The molecule has 1 aliphatic rings. The second-order valence-electron chi connectivity index (χ2n) is 5.88. The maximum atomic E-state index is 12.7. The van der Waals surface area contributed by atoms with Crippen molar-refractivity contribution in [2.75, 3.05) is 18.5 Å². The molecular formula is C17H22N2O4. The van der Waals surface area contributed by atoms with E-state index in [1.54, 1.807) is 30.1 Å². The number of carboxylic acid groups (broad SMARTS) is 1. The van der Waals surface area contributed by atoms with Crippen LogP contribution in [0.25, 0.3) is 0 Å². The number of nitrogens with zero attached hydrogens (tertiary/aromatic N) is 2. The van der Waals surface area contributed by atoms with Gasteiger partial charge < -0.3 is 14.9 Å². The lowest BCUT2D eigenvalue weighted by atomic mass is 9.98. The molecule has 1 aromatic carbocycles. The average Bonchev–Trinajstić information content (AvgIpc) is 2.54. The first-order valence-corrected chi connectivity index (χ1v) is 7.77. The molecule has 2 rings (SSSR count). The second kappa shape index (κ2) is 6.81. The van der Waals surface area contributed by atoms with E-state index in [4.69, 9.17) is 5.11 Å². The van der Waals surface area contributed by atoms with E-state index in [0.717, 1.165) is 11.3 Å². The number of fused-ring (bicyclic) bond motifs is 1. The molecule has 1 unspecified atom stereocenters. The second-order valence-corrected chi connectivity index (χ2v) is 5.88. The lowest BCUT2D eigenvalue weighted by Crippen LogP contribution is -2.42. The van der Waals surface area contributed by atoms with E-state index in [-0.39, 0.29) is 24.4 Å². The van der Waals surface area contributed by atoms with E-state index in [1.165, 1.54) is 4.90 Å². The first-order valence-electron chi connectivity index (χ1n) is 7.77. The SMILES string of the molecule is CCC(C)N(CC(=O)O)C(=O)c1ccc2c(c1)CCC(=O)N2C. The minimum absolute atomic E-state index is 0.0590. The number of aryl methyl sites for hydroxylation is 1. The molecule has 6 heteroatoms. The largest absolute Gasteiger partial charge is 0.480 e. The van der Waals surface area contributed by atoms with Crippen LogP contribution in [0.4, 0.5) is 5.69 Å². The maximum absolute atomic E-state index is 12.7. The van der Waals surface area contributed by atoms with Gasteiger partial charge in [-0.05, 0) is 43.5 Å². The molecule has 0 aromatic heterocycles. The average molecular weight is 318 g/mol. The summed E-state index contributed by atoms with van der Waals surface area (Å²) < 4.78 is 0. The molecule has 0 aliphatic carbocycles. The fraction of sp³-hybridized carbons (Fsp3) is 0.471. The molecule has 1 atom stereocenters. The van der Waals surface area contributed by atoms with Crippen LogP contribution in [0.15, 0.2) is 18.2 Å². The summed E-state index contributed by atoms with van der Waals surface area (Å²) >= 11 is 0. The van der Waals surface area contributed by atoms with E-state index >= 15 is 0 Å². The number of benzene rings is 1. The highest BCUT2D eigenvalue weighted by molar-refractivity contribution is 5.99. The number of hydrogen-bond donors (Lipinski definition) is 1. The summed E-state index contributed by atoms with van der Waals surface area (Å²) in [4.78, 5) is 38.4. The molecule has 1 aliphatic heterocycles. The number of carboxylic acids is 1. The van der Waals surface area contributed by atoms with Crippen LogP contribution in [0.5, 0.6) is 0 Å². The summed E-state index contributed by atoms with van der Waals surface area (Å²) in [5, 5.41) is 9.04. The van der Waals surface area contributed by atoms with Crippen molar-refractivity contribution in [2.45, 2.75) is 39.2 Å². The smallest absolute Gasteiger partial charge is 0.323 e. The highest BCUT2D eigenvalue weighted by Gasteiger charge is 2.26. The monoisotopic (exact) mass is 318 g/mol. The summed E-state index contributed by atoms with van der Waals surface area (Å²) in [6.45, 7) is 3.44. The van der Waals surface area contributed by atoms with Gasteiger partial charge in [-0.1, -0.05) is 6.92 Å². The van der Waals surface area contributed by atoms with Gasteiger partial charge in [-0.25, -0.2) is 0 Å². The van der Waals surface area contributed by atoms with Gasteiger partial charge in [-0.2, -0.15) is 0 Å². The van der Waals surface area contributed by atoms with Gasteiger partial charge in [0.1, 0.15) is 6.54 Å². The molecular weight excluding hydrogens is 296 g/mol. The third kappa shape index (κ3) is 3.52. The lowest BCUT2D eigenvalue weighted by molar-refractivity contribution is -0.138. The van der Waals surface area contributed by atoms with Gasteiger partial charge in [0.05, 0.1) is 0 Å². The third-order valence-electron chi connectivity index (χ3n) is 4.36. The van der Waals surface area contributed by atoms with Crippen molar-refractivity contribution in [2.24, 2.45) is 0 Å². The fourth-order valence-electron chi connectivity index (χ4n) is 2.75. The normalized spacial score (nSPS) is 15.1. The summed E-state index contributed by atoms with van der Waals surface area (Å²) in [5.41, 5.74) is 2.22. The van der Waals surface area contributed by atoms with Crippen LogP contribution in [0.1, 0.15) is 42.6 Å². The molecule has 0 spiro atoms. The van der Waals surface area contributed by atoms with Crippen LogP contribution in [0, 0.1) is 0 Å². The summed E-state index contributed by atoms with van der Waals surface area (Å²) in [7, 11) is 1.72. The van der Waals surface area contributed by atoms with Crippen molar-refractivity contribution in [3.63, 3.8) is 0 Å². The summed E-state index contributed by atoms with van der Waals surface area (Å²) in [6, 6.07) is 5.04. The molecule has 124 valence electrons. The van der Waals surface area contributed by atoms with Crippen molar-refractivity contribution in [3.05, 3.63) is 29.3 Å². The van der Waals surface area contributed by atoms with Crippen LogP contribution >= 0.6 is 0 Å². The van der Waals surface area contributed by atoms with Crippen LogP contribution < -0.4 is 4.90 Å². The van der Waals surface area contributed by atoms with Crippen LogP contribution in [0.2, 0.25) is 0 Å². The Balaban J connectivity index is 2.31. The van der Waals surface area contributed by atoms with E-state index in [1.807, 2.05) is 13.8 Å². The van der Waals surface area contributed by atoms with Crippen molar-refractivity contribution < 1.29 is 19.5 Å². The molecule has 0 bridgehead atoms. The van der Waals surface area contributed by atoms with Gasteiger partial charge in [-0.3, -0.25) is 14.4 Å². The van der Waals surface area contributed by atoms with Gasteiger partial charge in [0.25, 0.3) is 5.91 Å². The molecule has 23 heavy (non-hydrogen) atoms. The van der Waals surface area contributed by atoms with Gasteiger partial charge in [0.2, 0.25) is 5.91 Å². The number of amides is 2. The summed E-state index contributed by atoms with van der Waals surface area (Å²) in [5.74, 6) is -1.25. The van der Waals surface area contributed by atoms with Crippen molar-refractivity contribution in [3.8, 4) is 0 Å². The van der Waals surface area contributed by atoms with Crippen molar-refractivity contribution >= 4 is 23.5 Å². The molecule has 1 heterocycles. The fourth-order valence-corrected chi connectivity index (χ4v) is 2.75. The number of carbonyl (C=O) groups excluding carboxylic acids is 2. The quantitative estimate of drug-likeness (QED) is 0.899.